The molecule has 100 valence electrons. The molecule has 18 heavy (non-hydrogen) atoms. The fraction of sp³-hybridized carbons (Fsp3) is 0.533. The molecule has 0 spiro atoms. The van der Waals surface area contributed by atoms with Crippen molar-refractivity contribution in [2.75, 3.05) is 6.61 Å². The van der Waals surface area contributed by atoms with Crippen LogP contribution in [-0.4, -0.2) is 12.6 Å². The van der Waals surface area contributed by atoms with Crippen LogP contribution in [0.5, 0.6) is 0 Å². The lowest BCUT2D eigenvalue weighted by Gasteiger charge is -2.11. The topological polar surface area (TPSA) is 52.3 Å². The number of unbranched alkanes of at least 4 members (excludes halogenated alkanes) is 4. The Morgan fingerprint density at radius 3 is 2.50 bits per heavy atom. The highest BCUT2D eigenvalue weighted by Crippen LogP contribution is 2.11. The molecule has 0 heterocycles. The second-order valence-corrected chi connectivity index (χ2v) is 4.47. The highest BCUT2D eigenvalue weighted by atomic mass is 16.5. The number of carbonyl (C=O) groups is 1. The molecule has 0 aliphatic carbocycles. The van der Waals surface area contributed by atoms with Gasteiger partial charge >= 0.3 is 5.97 Å². The Hall–Kier alpha value is -1.35. The SMILES string of the molecule is CCCCCCCOC(=O)[C@@H](N)c1ccccc1. The second kappa shape index (κ2) is 8.70. The maximum Gasteiger partial charge on any atom is 0.327 e. The van der Waals surface area contributed by atoms with Gasteiger partial charge in [0.05, 0.1) is 6.61 Å². The van der Waals surface area contributed by atoms with E-state index in [4.69, 9.17) is 10.5 Å². The molecule has 0 fully saturated rings. The Labute approximate surface area is 109 Å². The number of hydrogen-bond acceptors (Lipinski definition) is 3. The first-order valence-corrected chi connectivity index (χ1v) is 6.73. The molecule has 3 heteroatoms. The maximum absolute atomic E-state index is 11.7. The first-order chi connectivity index (χ1) is 8.75. The van der Waals surface area contributed by atoms with E-state index in [0.717, 1.165) is 18.4 Å². The van der Waals surface area contributed by atoms with Crippen LogP contribution in [0.25, 0.3) is 0 Å². The lowest BCUT2D eigenvalue weighted by Crippen LogP contribution is -2.24. The van der Waals surface area contributed by atoms with Gasteiger partial charge in [-0.15, -0.1) is 0 Å². The minimum atomic E-state index is -0.665. The predicted octanol–water partition coefficient (Wildman–Crippen LogP) is 3.20. The number of benzene rings is 1. The standard InChI is InChI=1S/C15H23NO2/c1-2-3-4-5-9-12-18-15(17)14(16)13-10-7-6-8-11-13/h6-8,10-11,14H,2-5,9,12,16H2,1H3/t14-/m0/s1. The van der Waals surface area contributed by atoms with Gasteiger partial charge in [-0.3, -0.25) is 0 Å². The van der Waals surface area contributed by atoms with Gasteiger partial charge in [-0.1, -0.05) is 62.9 Å². The average Bonchev–Trinajstić information content (AvgIpc) is 2.42. The summed E-state index contributed by atoms with van der Waals surface area (Å²) in [5, 5.41) is 0. The van der Waals surface area contributed by atoms with E-state index in [0.29, 0.717) is 6.61 Å². The number of esters is 1. The van der Waals surface area contributed by atoms with Gasteiger partial charge in [0, 0.05) is 0 Å². The molecule has 0 unspecified atom stereocenters. The summed E-state index contributed by atoms with van der Waals surface area (Å²) in [7, 11) is 0. The monoisotopic (exact) mass is 249 g/mol. The zero-order valence-corrected chi connectivity index (χ0v) is 11.1. The molecular weight excluding hydrogens is 226 g/mol. The number of rotatable bonds is 8. The van der Waals surface area contributed by atoms with Crippen molar-refractivity contribution >= 4 is 5.97 Å². The van der Waals surface area contributed by atoms with Crippen molar-refractivity contribution in [3.63, 3.8) is 0 Å². The first kappa shape index (κ1) is 14.7. The predicted molar refractivity (Wildman–Crippen MR) is 73.1 cm³/mol. The highest BCUT2D eigenvalue weighted by Gasteiger charge is 2.16. The van der Waals surface area contributed by atoms with E-state index < -0.39 is 6.04 Å². The van der Waals surface area contributed by atoms with Gasteiger partial charge in [-0.05, 0) is 12.0 Å². The first-order valence-electron chi connectivity index (χ1n) is 6.73. The number of carbonyl (C=O) groups excluding carboxylic acids is 1. The zero-order chi connectivity index (χ0) is 13.2. The molecule has 1 atom stereocenters. The summed E-state index contributed by atoms with van der Waals surface area (Å²) in [6.45, 7) is 2.65. The van der Waals surface area contributed by atoms with Crippen LogP contribution in [0, 0.1) is 0 Å². The van der Waals surface area contributed by atoms with Gasteiger partial charge in [0.1, 0.15) is 6.04 Å². The minimum Gasteiger partial charge on any atom is -0.464 e. The molecule has 3 nitrogen and oxygen atoms in total. The lowest BCUT2D eigenvalue weighted by atomic mass is 10.1. The van der Waals surface area contributed by atoms with Crippen LogP contribution in [0.15, 0.2) is 30.3 Å². The number of hydrogen-bond donors (Lipinski definition) is 1. The van der Waals surface area contributed by atoms with Crippen molar-refractivity contribution in [1.82, 2.24) is 0 Å². The Kier molecular flexibility index (Phi) is 7.11. The summed E-state index contributed by atoms with van der Waals surface area (Å²) >= 11 is 0. The molecule has 0 saturated heterocycles. The second-order valence-electron chi connectivity index (χ2n) is 4.47. The van der Waals surface area contributed by atoms with Crippen LogP contribution in [0.4, 0.5) is 0 Å². The summed E-state index contributed by atoms with van der Waals surface area (Å²) in [6.07, 6.45) is 5.71. The van der Waals surface area contributed by atoms with Crippen LogP contribution in [0.1, 0.15) is 50.6 Å². The third kappa shape index (κ3) is 5.32. The summed E-state index contributed by atoms with van der Waals surface area (Å²) in [5.74, 6) is -0.336. The van der Waals surface area contributed by atoms with E-state index in [1.165, 1.54) is 19.3 Å². The van der Waals surface area contributed by atoms with Crippen LogP contribution in [0.3, 0.4) is 0 Å². The summed E-state index contributed by atoms with van der Waals surface area (Å²) in [5.41, 5.74) is 6.63. The summed E-state index contributed by atoms with van der Waals surface area (Å²) in [4.78, 5) is 11.7. The lowest BCUT2D eigenvalue weighted by molar-refractivity contribution is -0.145. The van der Waals surface area contributed by atoms with Crippen molar-refractivity contribution in [3.05, 3.63) is 35.9 Å². The summed E-state index contributed by atoms with van der Waals surface area (Å²) < 4.78 is 5.17. The van der Waals surface area contributed by atoms with E-state index in [-0.39, 0.29) is 5.97 Å². The third-order valence-corrected chi connectivity index (χ3v) is 2.90. The summed E-state index contributed by atoms with van der Waals surface area (Å²) in [6, 6.07) is 8.65. The molecule has 0 aromatic heterocycles. The third-order valence-electron chi connectivity index (χ3n) is 2.90. The molecule has 1 aromatic carbocycles. The molecule has 1 aromatic rings. The van der Waals surface area contributed by atoms with E-state index in [1.807, 2.05) is 30.3 Å². The van der Waals surface area contributed by atoms with Crippen molar-refractivity contribution in [3.8, 4) is 0 Å². The van der Waals surface area contributed by atoms with E-state index in [1.54, 1.807) is 0 Å². The normalized spacial score (nSPS) is 12.1. The van der Waals surface area contributed by atoms with Crippen LogP contribution < -0.4 is 5.73 Å². The van der Waals surface area contributed by atoms with Crippen molar-refractivity contribution in [2.45, 2.75) is 45.1 Å². The molecular formula is C15H23NO2. The van der Waals surface area contributed by atoms with Crippen LogP contribution >= 0.6 is 0 Å². The van der Waals surface area contributed by atoms with Gasteiger partial charge in [0.2, 0.25) is 0 Å². The minimum absolute atomic E-state index is 0.336. The van der Waals surface area contributed by atoms with E-state index in [9.17, 15) is 4.79 Å². The average molecular weight is 249 g/mol. The number of nitrogens with two attached hydrogens (primary N) is 1. The molecule has 0 amide bonds. The number of ether oxygens (including phenoxy) is 1. The molecule has 2 N–H and O–H groups in total. The molecule has 0 aliphatic rings. The van der Waals surface area contributed by atoms with Crippen molar-refractivity contribution < 1.29 is 9.53 Å². The van der Waals surface area contributed by atoms with E-state index in [2.05, 4.69) is 6.92 Å². The van der Waals surface area contributed by atoms with Crippen molar-refractivity contribution in [2.24, 2.45) is 5.73 Å². The fourth-order valence-corrected chi connectivity index (χ4v) is 1.76. The Morgan fingerprint density at radius 1 is 1.17 bits per heavy atom. The van der Waals surface area contributed by atoms with Crippen LogP contribution in [-0.2, 0) is 9.53 Å². The Morgan fingerprint density at radius 2 is 1.83 bits per heavy atom. The largest absolute Gasteiger partial charge is 0.464 e. The smallest absolute Gasteiger partial charge is 0.327 e. The maximum atomic E-state index is 11.7. The van der Waals surface area contributed by atoms with Crippen LogP contribution in [0.2, 0.25) is 0 Å². The van der Waals surface area contributed by atoms with Crippen molar-refractivity contribution in [1.29, 1.82) is 0 Å². The zero-order valence-electron chi connectivity index (χ0n) is 11.1. The molecule has 1 rings (SSSR count). The molecule has 0 radical (unpaired) electrons. The quantitative estimate of drug-likeness (QED) is 0.568. The van der Waals surface area contributed by atoms with Gasteiger partial charge in [0.25, 0.3) is 0 Å². The van der Waals surface area contributed by atoms with Gasteiger partial charge in [0.15, 0.2) is 0 Å². The molecule has 0 bridgehead atoms. The Bertz CT molecular complexity index is 338. The van der Waals surface area contributed by atoms with Gasteiger partial charge < -0.3 is 10.5 Å². The van der Waals surface area contributed by atoms with Gasteiger partial charge in [-0.2, -0.15) is 0 Å². The van der Waals surface area contributed by atoms with Gasteiger partial charge in [-0.25, -0.2) is 4.79 Å². The van der Waals surface area contributed by atoms with E-state index >= 15 is 0 Å². The fourth-order valence-electron chi connectivity index (χ4n) is 1.76. The molecule has 0 aliphatic heterocycles. The Balaban J connectivity index is 2.20. The molecule has 0 saturated carbocycles. The highest BCUT2D eigenvalue weighted by molar-refractivity contribution is 5.77.